The highest BCUT2D eigenvalue weighted by atomic mass is 16.2. The van der Waals surface area contributed by atoms with Crippen LogP contribution in [0.15, 0.2) is 30.3 Å². The maximum atomic E-state index is 12.7. The van der Waals surface area contributed by atoms with E-state index in [9.17, 15) is 4.79 Å². The third-order valence-electron chi connectivity index (χ3n) is 5.53. The zero-order chi connectivity index (χ0) is 16.8. The molecule has 0 bridgehead atoms. The number of nitrogens with zero attached hydrogens (tertiary/aromatic N) is 3. The summed E-state index contributed by atoms with van der Waals surface area (Å²) < 4.78 is 0. The first-order valence-corrected chi connectivity index (χ1v) is 9.54. The van der Waals surface area contributed by atoms with E-state index >= 15 is 0 Å². The first-order valence-electron chi connectivity index (χ1n) is 9.54. The van der Waals surface area contributed by atoms with Crippen LogP contribution in [-0.4, -0.2) is 65.9 Å². The Balaban J connectivity index is 1.45. The highest BCUT2D eigenvalue weighted by Crippen LogP contribution is 2.19. The summed E-state index contributed by atoms with van der Waals surface area (Å²) in [6.07, 6.45) is 4.99. The molecule has 2 saturated heterocycles. The Labute approximate surface area is 146 Å². The van der Waals surface area contributed by atoms with Crippen molar-refractivity contribution in [2.24, 2.45) is 0 Å². The van der Waals surface area contributed by atoms with E-state index in [1.165, 1.54) is 24.8 Å². The molecule has 2 aliphatic rings. The predicted molar refractivity (Wildman–Crippen MR) is 97.8 cm³/mol. The maximum absolute atomic E-state index is 12.7. The van der Waals surface area contributed by atoms with Gasteiger partial charge in [0, 0.05) is 38.8 Å². The molecular weight excluding hydrogens is 298 g/mol. The molecule has 1 unspecified atom stereocenters. The molecule has 1 amide bonds. The van der Waals surface area contributed by atoms with Gasteiger partial charge in [0.25, 0.3) is 0 Å². The van der Waals surface area contributed by atoms with Crippen LogP contribution in [0.4, 0.5) is 0 Å². The molecule has 24 heavy (non-hydrogen) atoms. The van der Waals surface area contributed by atoms with E-state index < -0.39 is 0 Å². The second kappa shape index (κ2) is 8.63. The van der Waals surface area contributed by atoms with E-state index in [1.54, 1.807) is 0 Å². The molecule has 1 aromatic carbocycles. The maximum Gasteiger partial charge on any atom is 0.236 e. The third kappa shape index (κ3) is 4.58. The second-order valence-corrected chi connectivity index (χ2v) is 7.17. The number of likely N-dealkylation sites (tertiary alicyclic amines) is 1. The van der Waals surface area contributed by atoms with Gasteiger partial charge in [-0.25, -0.2) is 0 Å². The van der Waals surface area contributed by atoms with Gasteiger partial charge in [-0.1, -0.05) is 43.7 Å². The largest absolute Gasteiger partial charge is 0.339 e. The SMILES string of the molecule is CCC1CCCCN1CC(=O)N1CCN(Cc2ccccc2)CC1. The van der Waals surface area contributed by atoms with Gasteiger partial charge in [0.1, 0.15) is 0 Å². The molecule has 0 saturated carbocycles. The van der Waals surface area contributed by atoms with Gasteiger partial charge in [-0.05, 0) is 31.4 Å². The van der Waals surface area contributed by atoms with Gasteiger partial charge in [0.2, 0.25) is 5.91 Å². The molecule has 4 nitrogen and oxygen atoms in total. The Bertz CT molecular complexity index is 511. The van der Waals surface area contributed by atoms with Gasteiger partial charge in [-0.3, -0.25) is 14.6 Å². The van der Waals surface area contributed by atoms with Crippen LogP contribution in [-0.2, 0) is 11.3 Å². The van der Waals surface area contributed by atoms with E-state index in [4.69, 9.17) is 0 Å². The van der Waals surface area contributed by atoms with Crippen LogP contribution in [0.1, 0.15) is 38.2 Å². The Morgan fingerprint density at radius 2 is 1.79 bits per heavy atom. The minimum atomic E-state index is 0.328. The van der Waals surface area contributed by atoms with Crippen LogP contribution in [0.2, 0.25) is 0 Å². The fourth-order valence-electron chi connectivity index (χ4n) is 4.00. The van der Waals surface area contributed by atoms with Gasteiger partial charge < -0.3 is 4.90 Å². The molecule has 0 N–H and O–H groups in total. The molecule has 2 aliphatic heterocycles. The quantitative estimate of drug-likeness (QED) is 0.831. The van der Waals surface area contributed by atoms with Gasteiger partial charge in [0.15, 0.2) is 0 Å². The Morgan fingerprint density at radius 1 is 1.04 bits per heavy atom. The Morgan fingerprint density at radius 3 is 2.50 bits per heavy atom. The number of piperazine rings is 1. The summed E-state index contributed by atoms with van der Waals surface area (Å²) in [5, 5.41) is 0. The van der Waals surface area contributed by atoms with Crippen LogP contribution in [0.3, 0.4) is 0 Å². The molecule has 2 fully saturated rings. The molecule has 1 atom stereocenters. The van der Waals surface area contributed by atoms with Crippen molar-refractivity contribution in [2.75, 3.05) is 39.3 Å². The van der Waals surface area contributed by atoms with E-state index in [1.807, 2.05) is 0 Å². The highest BCUT2D eigenvalue weighted by Gasteiger charge is 2.26. The summed E-state index contributed by atoms with van der Waals surface area (Å²) in [5.41, 5.74) is 1.36. The van der Waals surface area contributed by atoms with Crippen molar-refractivity contribution in [3.8, 4) is 0 Å². The van der Waals surface area contributed by atoms with Crippen molar-refractivity contribution in [3.63, 3.8) is 0 Å². The van der Waals surface area contributed by atoms with Gasteiger partial charge in [-0.15, -0.1) is 0 Å². The van der Waals surface area contributed by atoms with Gasteiger partial charge >= 0.3 is 0 Å². The van der Waals surface area contributed by atoms with Crippen molar-refractivity contribution in [2.45, 2.75) is 45.2 Å². The Kier molecular flexibility index (Phi) is 6.27. The number of hydrogen-bond donors (Lipinski definition) is 0. The standard InChI is InChI=1S/C20H31N3O/c1-2-19-10-6-7-11-23(19)17-20(24)22-14-12-21(13-15-22)16-18-8-4-3-5-9-18/h3-5,8-9,19H,2,6-7,10-17H2,1H3. The lowest BCUT2D eigenvalue weighted by Gasteiger charge is -2.38. The highest BCUT2D eigenvalue weighted by molar-refractivity contribution is 5.78. The lowest BCUT2D eigenvalue weighted by atomic mass is 10.00. The summed E-state index contributed by atoms with van der Waals surface area (Å²) in [5.74, 6) is 0.328. The van der Waals surface area contributed by atoms with Gasteiger partial charge in [0.05, 0.1) is 6.54 Å². The minimum Gasteiger partial charge on any atom is -0.339 e. The van der Waals surface area contributed by atoms with Crippen LogP contribution < -0.4 is 0 Å². The molecule has 3 rings (SSSR count). The van der Waals surface area contributed by atoms with Crippen molar-refractivity contribution < 1.29 is 4.79 Å². The number of carbonyl (C=O) groups is 1. The summed E-state index contributed by atoms with van der Waals surface area (Å²) in [7, 11) is 0. The van der Waals surface area contributed by atoms with Crippen LogP contribution >= 0.6 is 0 Å². The molecule has 132 valence electrons. The first-order chi connectivity index (χ1) is 11.8. The van der Waals surface area contributed by atoms with Crippen molar-refractivity contribution >= 4 is 5.91 Å². The lowest BCUT2D eigenvalue weighted by molar-refractivity contribution is -0.135. The number of piperidine rings is 1. The first kappa shape index (κ1) is 17.4. The average molecular weight is 329 g/mol. The minimum absolute atomic E-state index is 0.328. The van der Waals surface area contributed by atoms with Crippen LogP contribution in [0.25, 0.3) is 0 Å². The fraction of sp³-hybridized carbons (Fsp3) is 0.650. The zero-order valence-electron chi connectivity index (χ0n) is 15.0. The molecule has 0 spiro atoms. The van der Waals surface area contributed by atoms with E-state index in [0.29, 0.717) is 18.5 Å². The second-order valence-electron chi connectivity index (χ2n) is 7.17. The molecule has 2 heterocycles. The summed E-state index contributed by atoms with van der Waals surface area (Å²) in [4.78, 5) is 19.6. The van der Waals surface area contributed by atoms with Crippen molar-refractivity contribution in [1.29, 1.82) is 0 Å². The van der Waals surface area contributed by atoms with Crippen LogP contribution in [0, 0.1) is 0 Å². The number of benzene rings is 1. The number of hydrogen-bond acceptors (Lipinski definition) is 3. The average Bonchev–Trinajstić information content (AvgIpc) is 2.63. The molecule has 0 aromatic heterocycles. The molecule has 4 heteroatoms. The number of carbonyl (C=O) groups excluding carboxylic acids is 1. The Hall–Kier alpha value is -1.39. The predicted octanol–water partition coefficient (Wildman–Crippen LogP) is 2.60. The normalized spacial score (nSPS) is 23.4. The number of amides is 1. The third-order valence-corrected chi connectivity index (χ3v) is 5.53. The van der Waals surface area contributed by atoms with Crippen molar-refractivity contribution in [1.82, 2.24) is 14.7 Å². The zero-order valence-corrected chi connectivity index (χ0v) is 15.0. The monoisotopic (exact) mass is 329 g/mol. The smallest absolute Gasteiger partial charge is 0.236 e. The van der Waals surface area contributed by atoms with Gasteiger partial charge in [-0.2, -0.15) is 0 Å². The number of rotatable bonds is 5. The van der Waals surface area contributed by atoms with E-state index in [-0.39, 0.29) is 0 Å². The van der Waals surface area contributed by atoms with Crippen molar-refractivity contribution in [3.05, 3.63) is 35.9 Å². The van der Waals surface area contributed by atoms with E-state index in [0.717, 1.165) is 45.7 Å². The van der Waals surface area contributed by atoms with Crippen LogP contribution in [0.5, 0.6) is 0 Å². The summed E-state index contributed by atoms with van der Waals surface area (Å²) in [6, 6.07) is 11.2. The summed E-state index contributed by atoms with van der Waals surface area (Å²) >= 11 is 0. The lowest BCUT2D eigenvalue weighted by Crippen LogP contribution is -2.52. The molecule has 1 aromatic rings. The summed E-state index contributed by atoms with van der Waals surface area (Å²) in [6.45, 7) is 8.67. The fourth-order valence-corrected chi connectivity index (χ4v) is 4.00. The molecule has 0 radical (unpaired) electrons. The van der Waals surface area contributed by atoms with E-state index in [2.05, 4.69) is 52.0 Å². The molecule has 0 aliphatic carbocycles. The topological polar surface area (TPSA) is 26.8 Å². The molecular formula is C20H31N3O.